The molecule has 59 heavy (non-hydrogen) atoms. The molecule has 7 aliphatic rings. The maximum Gasteiger partial charge on any atom is 0.309 e. The molecule has 0 aromatic carbocycles. The van der Waals surface area contributed by atoms with Crippen molar-refractivity contribution >= 4 is 17.7 Å². The molecule has 13 atom stereocenters. The lowest BCUT2D eigenvalue weighted by Crippen LogP contribution is -2.67. The van der Waals surface area contributed by atoms with Gasteiger partial charge in [0, 0.05) is 35.8 Å². The lowest BCUT2D eigenvalue weighted by Gasteiger charge is -2.73. The van der Waals surface area contributed by atoms with Crippen molar-refractivity contribution in [3.05, 3.63) is 48.7 Å². The molecule has 0 spiro atoms. The third kappa shape index (κ3) is 5.74. The van der Waals surface area contributed by atoms with Crippen LogP contribution in [0.1, 0.15) is 158 Å². The van der Waals surface area contributed by atoms with Crippen molar-refractivity contribution in [1.82, 2.24) is 19.9 Å². The summed E-state index contributed by atoms with van der Waals surface area (Å²) in [6, 6.07) is 3.97. The molecule has 2 aromatic heterocycles. The first-order valence-electron chi connectivity index (χ1n) is 23.4. The Balaban J connectivity index is 0.968. The van der Waals surface area contributed by atoms with Crippen LogP contribution in [0.5, 0.6) is 0 Å². The molecule has 5 unspecified atom stereocenters. The third-order valence-corrected chi connectivity index (χ3v) is 20.1. The summed E-state index contributed by atoms with van der Waals surface area (Å²) >= 11 is 0. The van der Waals surface area contributed by atoms with E-state index in [0.717, 1.165) is 81.4 Å². The maximum absolute atomic E-state index is 15.5. The molecule has 6 aliphatic carbocycles. The van der Waals surface area contributed by atoms with Crippen molar-refractivity contribution in [2.75, 3.05) is 6.54 Å². The second-order valence-electron chi connectivity index (χ2n) is 23.0. The van der Waals surface area contributed by atoms with Gasteiger partial charge in [0.2, 0.25) is 5.91 Å². The van der Waals surface area contributed by atoms with E-state index in [-0.39, 0.29) is 68.2 Å². The van der Waals surface area contributed by atoms with Gasteiger partial charge < -0.3 is 14.6 Å². The van der Waals surface area contributed by atoms with Crippen molar-refractivity contribution < 1.29 is 19.1 Å². The summed E-state index contributed by atoms with van der Waals surface area (Å²) in [7, 11) is 0. The van der Waals surface area contributed by atoms with Gasteiger partial charge in [0.25, 0.3) is 0 Å². The van der Waals surface area contributed by atoms with Crippen molar-refractivity contribution in [2.24, 2.45) is 73.9 Å². The number of fused-ring (bicyclic) bond motifs is 7. The maximum atomic E-state index is 15.5. The summed E-state index contributed by atoms with van der Waals surface area (Å²) in [6.45, 7) is 26.2. The van der Waals surface area contributed by atoms with Gasteiger partial charge in [-0.15, -0.1) is 0 Å². The molecule has 0 radical (unpaired) electrons. The first kappa shape index (κ1) is 41.1. The Morgan fingerprint density at radius 2 is 1.61 bits per heavy atom. The van der Waals surface area contributed by atoms with Crippen molar-refractivity contribution in [3.63, 3.8) is 0 Å². The molecule has 1 saturated heterocycles. The summed E-state index contributed by atoms with van der Waals surface area (Å²) < 4.78 is 6.55. The molecule has 1 N–H and O–H groups in total. The number of amides is 1. The van der Waals surface area contributed by atoms with E-state index < -0.39 is 0 Å². The molecular weight excluding hydrogens is 733 g/mol. The molecule has 8 heteroatoms. The zero-order valence-corrected chi connectivity index (χ0v) is 37.7. The van der Waals surface area contributed by atoms with Gasteiger partial charge in [0.1, 0.15) is 17.7 Å². The highest BCUT2D eigenvalue weighted by Crippen LogP contribution is 2.78. The van der Waals surface area contributed by atoms with Gasteiger partial charge in [0.15, 0.2) is 0 Å². The summed E-state index contributed by atoms with van der Waals surface area (Å²) in [5, 5.41) is 0. The van der Waals surface area contributed by atoms with Crippen molar-refractivity contribution in [1.29, 1.82) is 0 Å². The number of rotatable bonds is 7. The van der Waals surface area contributed by atoms with E-state index in [9.17, 15) is 9.59 Å². The number of Topliss-reactive ketones (excluding diaryl/α,β-unsaturated/α-hetero) is 1. The predicted molar refractivity (Wildman–Crippen MR) is 230 cm³/mol. The summed E-state index contributed by atoms with van der Waals surface area (Å²) in [5.41, 5.74) is 2.81. The Morgan fingerprint density at radius 3 is 2.31 bits per heavy atom. The molecule has 0 bridgehead atoms. The van der Waals surface area contributed by atoms with E-state index in [1.165, 1.54) is 24.8 Å². The van der Waals surface area contributed by atoms with Crippen LogP contribution >= 0.6 is 0 Å². The van der Waals surface area contributed by atoms with Crippen LogP contribution in [0.15, 0.2) is 42.9 Å². The Morgan fingerprint density at radius 1 is 0.831 bits per heavy atom. The average molecular weight is 805 g/mol. The van der Waals surface area contributed by atoms with Gasteiger partial charge in [-0.2, -0.15) is 0 Å². The molecule has 7 fully saturated rings. The van der Waals surface area contributed by atoms with E-state index in [1.807, 2.05) is 18.5 Å². The fourth-order valence-corrected chi connectivity index (χ4v) is 16.7. The number of aromatic nitrogens is 3. The van der Waals surface area contributed by atoms with Gasteiger partial charge in [-0.05, 0) is 161 Å². The fraction of sp³-hybridized carbons (Fsp3) is 0.745. The number of ether oxygens (including phenoxy) is 1. The third-order valence-electron chi connectivity index (χ3n) is 20.1. The largest absolute Gasteiger partial charge is 0.462 e. The van der Waals surface area contributed by atoms with Gasteiger partial charge in [0.05, 0.1) is 29.3 Å². The Labute approximate surface area is 353 Å². The van der Waals surface area contributed by atoms with Gasteiger partial charge >= 0.3 is 5.97 Å². The zero-order chi connectivity index (χ0) is 42.1. The molecule has 3 heterocycles. The van der Waals surface area contributed by atoms with Crippen molar-refractivity contribution in [2.45, 2.75) is 158 Å². The molecule has 1 aliphatic heterocycles. The highest BCUT2D eigenvalue weighted by Gasteiger charge is 2.72. The number of nitrogens with zero attached hydrogens (tertiary/aromatic N) is 3. The number of likely N-dealkylation sites (tertiary alicyclic amines) is 1. The average Bonchev–Trinajstić information content (AvgIpc) is 3.95. The number of hydrogen-bond acceptors (Lipinski definition) is 6. The van der Waals surface area contributed by atoms with E-state index in [2.05, 4.69) is 82.9 Å². The topological polar surface area (TPSA) is 105 Å². The van der Waals surface area contributed by atoms with Crippen LogP contribution in [-0.4, -0.2) is 50.2 Å². The molecule has 320 valence electrons. The van der Waals surface area contributed by atoms with Crippen molar-refractivity contribution in [3.8, 4) is 11.3 Å². The highest BCUT2D eigenvalue weighted by atomic mass is 16.5. The van der Waals surface area contributed by atoms with E-state index in [0.29, 0.717) is 41.9 Å². The number of allylic oxidation sites excluding steroid dienone is 1. The van der Waals surface area contributed by atoms with Crippen LogP contribution in [0.3, 0.4) is 0 Å². The number of carbonyl (C=O) groups excluding carboxylic acids is 3. The minimum Gasteiger partial charge on any atom is -0.462 e. The van der Waals surface area contributed by atoms with E-state index >= 15 is 4.79 Å². The van der Waals surface area contributed by atoms with Crippen LogP contribution in [-0.2, 0) is 19.1 Å². The molecule has 2 aromatic rings. The molecule has 1 amide bonds. The SMILES string of the molecule is C=C(C)[C@@H]1CC[C@]2(C(=O)N3CCCC3c3ncc(-c4cccnc4)[nH]3)CC[C@]3(C)[C@H](CC[C@@H]4[C@@]5(C)CC[C@H](OC(=O)C6CC(C(C)=O)C6(C)C)C(C)(C)C5CC[C@]43C)C12. The smallest absolute Gasteiger partial charge is 0.309 e. The minimum absolute atomic E-state index is 0.0287. The predicted octanol–water partition coefficient (Wildman–Crippen LogP) is 11.0. The lowest BCUT2D eigenvalue weighted by molar-refractivity contribution is -0.251. The second kappa shape index (κ2) is 13.9. The van der Waals surface area contributed by atoms with Crippen LogP contribution in [0, 0.1) is 73.9 Å². The second-order valence-corrected chi connectivity index (χ2v) is 23.0. The van der Waals surface area contributed by atoms with Crippen LogP contribution in [0.4, 0.5) is 0 Å². The zero-order valence-electron chi connectivity index (χ0n) is 37.7. The van der Waals surface area contributed by atoms with Gasteiger partial charge in [-0.25, -0.2) is 4.98 Å². The summed E-state index contributed by atoms with van der Waals surface area (Å²) in [4.78, 5) is 56.6. The molecule has 6 saturated carbocycles. The van der Waals surface area contributed by atoms with Crippen LogP contribution in [0.2, 0.25) is 0 Å². The summed E-state index contributed by atoms with van der Waals surface area (Å²) in [6.07, 6.45) is 18.8. The number of carbonyl (C=O) groups is 3. The number of imidazole rings is 1. The first-order valence-corrected chi connectivity index (χ1v) is 23.4. The lowest BCUT2D eigenvalue weighted by atomic mass is 9.32. The number of aromatic amines is 1. The fourth-order valence-electron chi connectivity index (χ4n) is 16.7. The van der Waals surface area contributed by atoms with Crippen LogP contribution in [0.25, 0.3) is 11.3 Å². The number of esters is 1. The number of ketones is 1. The quantitative estimate of drug-likeness (QED) is 0.221. The Kier molecular flexibility index (Phi) is 9.65. The minimum atomic E-state index is -0.358. The number of H-pyrrole nitrogens is 1. The molecule has 8 nitrogen and oxygen atoms in total. The number of pyridine rings is 1. The molecular formula is C51H72N4O4. The normalized spacial score (nSPS) is 43.0. The van der Waals surface area contributed by atoms with Gasteiger partial charge in [-0.1, -0.05) is 60.6 Å². The van der Waals surface area contributed by atoms with Crippen LogP contribution < -0.4 is 0 Å². The van der Waals surface area contributed by atoms with E-state index in [4.69, 9.17) is 9.72 Å². The van der Waals surface area contributed by atoms with Gasteiger partial charge in [-0.3, -0.25) is 19.4 Å². The highest BCUT2D eigenvalue weighted by molar-refractivity contribution is 5.85. The standard InChI is InChI=1S/C51H72N4O4/c1-30(2)33-17-22-51(45(58)55-26-12-14-38(55)43-53-29-37(54-43)32-13-11-25-52-28-32)24-23-49(9)34(42(33)51)15-16-40-48(8)20-19-41(47(6,7)39(48)18-21-50(40,49)10)59-44(57)36-27-35(31(3)56)46(36,4)5/h11,13,25,28-29,33-36,38-42H,1,12,14-24,26-27H2,2-10H3,(H,53,54)/t33-,34+,35?,36?,38?,39?,40+,41-,42?,48-,49+,50+,51-/m0/s1. The summed E-state index contributed by atoms with van der Waals surface area (Å²) in [5.74, 6) is 3.30. The first-order chi connectivity index (χ1) is 27.8. The Bertz CT molecular complexity index is 2020. The molecule has 9 rings (SSSR count). The number of hydrogen-bond donors (Lipinski definition) is 1. The number of nitrogens with one attached hydrogen (secondary N) is 1. The Hall–Kier alpha value is -3.29. The van der Waals surface area contributed by atoms with E-state index in [1.54, 1.807) is 13.1 Å². The monoisotopic (exact) mass is 805 g/mol.